The first-order valence-electron chi connectivity index (χ1n) is 11.7. The molecule has 154 valence electrons. The molecule has 0 bridgehead atoms. The molecule has 0 unspecified atom stereocenters. The highest BCUT2D eigenvalue weighted by Gasteiger charge is 2.60. The molecule has 3 heteroatoms. The van der Waals surface area contributed by atoms with Gasteiger partial charge in [-0.15, -0.1) is 0 Å². The van der Waals surface area contributed by atoms with Gasteiger partial charge in [-0.2, -0.15) is 0 Å². The monoisotopic (exact) mass is 383 g/mol. The van der Waals surface area contributed by atoms with Crippen molar-refractivity contribution in [3.05, 3.63) is 35.8 Å². The molecule has 1 aromatic rings. The third kappa shape index (κ3) is 2.76. The molecule has 1 aromatic heterocycles. The summed E-state index contributed by atoms with van der Waals surface area (Å²) in [4.78, 5) is 0. The number of furan rings is 1. The lowest BCUT2D eigenvalue weighted by Gasteiger charge is -2.58. The topological polar surface area (TPSA) is 48.4 Å². The van der Waals surface area contributed by atoms with Crippen molar-refractivity contribution in [1.82, 2.24) is 0 Å². The van der Waals surface area contributed by atoms with Crippen LogP contribution in [0.2, 0.25) is 0 Å². The predicted octanol–water partition coefficient (Wildman–Crippen LogP) is 5.67. The quantitative estimate of drug-likeness (QED) is 0.526. The average Bonchev–Trinajstić information content (AvgIpc) is 3.35. The molecule has 0 aliphatic heterocycles. The van der Waals surface area contributed by atoms with E-state index >= 15 is 0 Å². The van der Waals surface area contributed by atoms with Crippen molar-refractivity contribution in [2.24, 2.45) is 34.3 Å². The molecule has 4 aliphatic rings. The molecule has 0 aromatic carbocycles. The smallest absolute Gasteiger partial charge is 0.0937 e. The van der Waals surface area contributed by atoms with Gasteiger partial charge < -0.3 is 14.9 Å². The molecule has 0 saturated heterocycles. The number of hydrogen-bond donors (Lipinski definition) is 1. The van der Waals surface area contributed by atoms with E-state index in [2.05, 4.69) is 19.1 Å². The van der Waals surface area contributed by atoms with Crippen molar-refractivity contribution < 1.29 is 9.15 Å². The molecular formula is C25H37NO2. The number of allylic oxidation sites excluding steroid dienone is 2. The molecule has 0 spiro atoms. The van der Waals surface area contributed by atoms with Crippen LogP contribution in [-0.4, -0.2) is 19.8 Å². The Balaban J connectivity index is 1.48. The van der Waals surface area contributed by atoms with Crippen molar-refractivity contribution >= 4 is 0 Å². The van der Waals surface area contributed by atoms with Crippen LogP contribution in [0.15, 0.2) is 34.7 Å². The van der Waals surface area contributed by atoms with Crippen molar-refractivity contribution in [3.63, 3.8) is 0 Å². The van der Waals surface area contributed by atoms with Crippen LogP contribution in [0.3, 0.4) is 0 Å². The summed E-state index contributed by atoms with van der Waals surface area (Å²) in [6.45, 7) is 4.78. The Labute approximate surface area is 170 Å². The van der Waals surface area contributed by atoms with Crippen molar-refractivity contribution in [1.29, 1.82) is 0 Å². The summed E-state index contributed by atoms with van der Waals surface area (Å²) in [6.07, 6.45) is 18.7. The van der Waals surface area contributed by atoms with Crippen LogP contribution in [0.4, 0.5) is 0 Å². The zero-order chi connectivity index (χ0) is 19.2. The third-order valence-electron chi connectivity index (χ3n) is 9.31. The molecule has 4 aliphatic carbocycles. The van der Waals surface area contributed by atoms with E-state index in [1.54, 1.807) is 5.57 Å². The largest absolute Gasteiger partial charge is 0.472 e. The second kappa shape index (κ2) is 7.32. The van der Waals surface area contributed by atoms with E-state index in [1.165, 1.54) is 63.4 Å². The third-order valence-corrected chi connectivity index (χ3v) is 9.31. The average molecular weight is 384 g/mol. The van der Waals surface area contributed by atoms with E-state index in [0.29, 0.717) is 24.5 Å². The second-order valence-corrected chi connectivity index (χ2v) is 10.3. The molecule has 28 heavy (non-hydrogen) atoms. The first-order chi connectivity index (χ1) is 13.7. The Morgan fingerprint density at radius 3 is 2.93 bits per heavy atom. The van der Waals surface area contributed by atoms with Gasteiger partial charge in [-0.1, -0.05) is 25.0 Å². The highest BCUT2D eigenvalue weighted by molar-refractivity contribution is 5.27. The molecule has 3 nitrogen and oxygen atoms in total. The standard InChI is InChI=1S/C25H37NO2/c1-24-11-3-2-4-19(24)5-6-20-22(24)9-12-25(17-28-15-13-26)21(7-8-23(20)25)18-10-14-27-16-18/h5,10,14,16,20-23H,2-4,6-9,11-13,15,17,26H2,1H3/t20-,21+,22+,23+,24+,25+/m1/s1. The number of hydrogen-bond acceptors (Lipinski definition) is 3. The van der Waals surface area contributed by atoms with Crippen LogP contribution in [0.5, 0.6) is 0 Å². The van der Waals surface area contributed by atoms with Gasteiger partial charge in [0.2, 0.25) is 0 Å². The van der Waals surface area contributed by atoms with Crippen LogP contribution in [0, 0.1) is 28.6 Å². The van der Waals surface area contributed by atoms with E-state index in [0.717, 1.165) is 24.4 Å². The fourth-order valence-electron chi connectivity index (χ4n) is 8.11. The number of fused-ring (bicyclic) bond motifs is 5. The van der Waals surface area contributed by atoms with Crippen molar-refractivity contribution in [3.8, 4) is 0 Å². The molecule has 2 N–H and O–H groups in total. The predicted molar refractivity (Wildman–Crippen MR) is 112 cm³/mol. The lowest BCUT2D eigenvalue weighted by Crippen LogP contribution is -2.51. The van der Waals surface area contributed by atoms with Crippen LogP contribution in [0.1, 0.15) is 76.2 Å². The zero-order valence-electron chi connectivity index (χ0n) is 17.5. The Hall–Kier alpha value is -1.06. The van der Waals surface area contributed by atoms with Gasteiger partial charge in [0.05, 0.1) is 25.7 Å². The van der Waals surface area contributed by atoms with E-state index in [1.807, 2.05) is 12.5 Å². The second-order valence-electron chi connectivity index (χ2n) is 10.3. The van der Waals surface area contributed by atoms with Gasteiger partial charge in [0, 0.05) is 12.0 Å². The maximum absolute atomic E-state index is 6.20. The maximum Gasteiger partial charge on any atom is 0.0937 e. The molecule has 1 heterocycles. The molecule has 0 radical (unpaired) electrons. The summed E-state index contributed by atoms with van der Waals surface area (Å²) in [7, 11) is 0. The Morgan fingerprint density at radius 1 is 1.18 bits per heavy atom. The molecule has 3 fully saturated rings. The van der Waals surface area contributed by atoms with E-state index in [9.17, 15) is 0 Å². The normalized spacial score (nSPS) is 42.4. The number of ether oxygens (including phenoxy) is 1. The summed E-state index contributed by atoms with van der Waals surface area (Å²) in [5.74, 6) is 3.07. The summed E-state index contributed by atoms with van der Waals surface area (Å²) in [6, 6.07) is 2.20. The van der Waals surface area contributed by atoms with Gasteiger partial charge in [-0.3, -0.25) is 0 Å². The van der Waals surface area contributed by atoms with Crippen molar-refractivity contribution in [2.75, 3.05) is 19.8 Å². The van der Waals surface area contributed by atoms with E-state index < -0.39 is 0 Å². The van der Waals surface area contributed by atoms with Gasteiger partial charge >= 0.3 is 0 Å². The van der Waals surface area contributed by atoms with Crippen LogP contribution in [0.25, 0.3) is 0 Å². The summed E-state index contributed by atoms with van der Waals surface area (Å²) in [5.41, 5.74) is 9.70. The van der Waals surface area contributed by atoms with Gasteiger partial charge in [-0.05, 0) is 92.1 Å². The highest BCUT2D eigenvalue weighted by Crippen LogP contribution is 2.68. The summed E-state index contributed by atoms with van der Waals surface area (Å²) >= 11 is 0. The first kappa shape index (κ1) is 18.9. The highest BCUT2D eigenvalue weighted by atomic mass is 16.5. The summed E-state index contributed by atoms with van der Waals surface area (Å²) in [5, 5.41) is 0. The van der Waals surface area contributed by atoms with E-state index in [-0.39, 0.29) is 5.41 Å². The van der Waals surface area contributed by atoms with Crippen LogP contribution in [-0.2, 0) is 4.74 Å². The molecule has 6 atom stereocenters. The minimum absolute atomic E-state index is 0.274. The summed E-state index contributed by atoms with van der Waals surface area (Å²) < 4.78 is 11.7. The van der Waals surface area contributed by atoms with Gasteiger partial charge in [0.15, 0.2) is 0 Å². The van der Waals surface area contributed by atoms with Gasteiger partial charge in [0.25, 0.3) is 0 Å². The fraction of sp³-hybridized carbons (Fsp3) is 0.760. The molecule has 5 rings (SSSR count). The number of rotatable bonds is 5. The molecule has 3 saturated carbocycles. The van der Waals surface area contributed by atoms with Crippen molar-refractivity contribution in [2.45, 2.75) is 70.6 Å². The molecule has 0 amide bonds. The lowest BCUT2D eigenvalue weighted by molar-refractivity contribution is -0.0802. The zero-order valence-corrected chi connectivity index (χ0v) is 17.5. The van der Waals surface area contributed by atoms with E-state index in [4.69, 9.17) is 14.9 Å². The SMILES string of the molecule is C[C@]12CCCCC1=CC[C@H]1[C@@H]3CC[C@@H](c4ccoc4)[C@@]3(COCCN)CC[C@@H]12. The Morgan fingerprint density at radius 2 is 2.11 bits per heavy atom. The fourth-order valence-corrected chi connectivity index (χ4v) is 8.11. The lowest BCUT2D eigenvalue weighted by atomic mass is 9.47. The Kier molecular flexibility index (Phi) is 4.95. The number of nitrogens with two attached hydrogens (primary N) is 1. The minimum atomic E-state index is 0.274. The van der Waals surface area contributed by atoms with Crippen LogP contribution >= 0.6 is 0 Å². The van der Waals surface area contributed by atoms with Gasteiger partial charge in [-0.25, -0.2) is 0 Å². The Bertz CT molecular complexity index is 710. The van der Waals surface area contributed by atoms with Crippen LogP contribution < -0.4 is 5.73 Å². The molecular weight excluding hydrogens is 346 g/mol. The van der Waals surface area contributed by atoms with Gasteiger partial charge in [0.1, 0.15) is 0 Å². The maximum atomic E-state index is 6.20. The minimum Gasteiger partial charge on any atom is -0.472 e. The first-order valence-corrected chi connectivity index (χ1v) is 11.7.